The highest BCUT2D eigenvalue weighted by Crippen LogP contribution is 2.35. The lowest BCUT2D eigenvalue weighted by Gasteiger charge is -2.30. The largest absolute Gasteiger partial charge is 0.356 e. The summed E-state index contributed by atoms with van der Waals surface area (Å²) >= 11 is 0. The van der Waals surface area contributed by atoms with Gasteiger partial charge in [0, 0.05) is 11.2 Å². The third kappa shape index (κ3) is 2.24. The van der Waals surface area contributed by atoms with Gasteiger partial charge in [-0.3, -0.25) is 0 Å². The molecule has 0 atom stereocenters. The van der Waals surface area contributed by atoms with Crippen LogP contribution in [0.1, 0.15) is 16.8 Å². The van der Waals surface area contributed by atoms with Crippen molar-refractivity contribution in [3.05, 3.63) is 108 Å². The normalized spacial score (nSPS) is 11.7. The SMILES string of the molecule is NC(c1ccccc1)(c1ccccc1)c1cc2ccccc2[nH]1. The number of nitrogens with one attached hydrogen (secondary N) is 1. The Labute approximate surface area is 135 Å². The molecule has 1 aromatic heterocycles. The summed E-state index contributed by atoms with van der Waals surface area (Å²) in [6.07, 6.45) is 0. The van der Waals surface area contributed by atoms with E-state index >= 15 is 0 Å². The first-order chi connectivity index (χ1) is 11.3. The van der Waals surface area contributed by atoms with E-state index in [1.807, 2.05) is 48.5 Å². The van der Waals surface area contributed by atoms with E-state index in [1.165, 1.54) is 5.39 Å². The van der Waals surface area contributed by atoms with E-state index in [0.29, 0.717) is 0 Å². The molecule has 4 aromatic rings. The maximum atomic E-state index is 6.99. The van der Waals surface area contributed by atoms with E-state index in [0.717, 1.165) is 22.3 Å². The van der Waals surface area contributed by atoms with Crippen molar-refractivity contribution < 1.29 is 0 Å². The van der Waals surface area contributed by atoms with Crippen LogP contribution in [-0.4, -0.2) is 4.98 Å². The average Bonchev–Trinajstić information content (AvgIpc) is 3.07. The fraction of sp³-hybridized carbons (Fsp3) is 0.0476. The molecule has 0 bridgehead atoms. The minimum atomic E-state index is -0.707. The number of fused-ring (bicyclic) bond motifs is 1. The molecule has 2 heteroatoms. The molecular formula is C21H18N2. The smallest absolute Gasteiger partial charge is 0.107 e. The summed E-state index contributed by atoms with van der Waals surface area (Å²) in [6, 6.07) is 30.9. The third-order valence-electron chi connectivity index (χ3n) is 4.41. The highest BCUT2D eigenvalue weighted by Gasteiger charge is 2.33. The van der Waals surface area contributed by atoms with Gasteiger partial charge >= 0.3 is 0 Å². The summed E-state index contributed by atoms with van der Waals surface area (Å²) in [5.74, 6) is 0. The molecule has 0 spiro atoms. The minimum Gasteiger partial charge on any atom is -0.356 e. The second kappa shape index (κ2) is 5.41. The molecular weight excluding hydrogens is 280 g/mol. The molecule has 3 aromatic carbocycles. The third-order valence-corrected chi connectivity index (χ3v) is 4.41. The fourth-order valence-electron chi connectivity index (χ4n) is 3.17. The zero-order valence-electron chi connectivity index (χ0n) is 12.7. The van der Waals surface area contributed by atoms with Crippen LogP contribution in [0.4, 0.5) is 0 Å². The fourth-order valence-corrected chi connectivity index (χ4v) is 3.17. The number of nitrogens with two attached hydrogens (primary N) is 1. The number of hydrogen-bond acceptors (Lipinski definition) is 1. The van der Waals surface area contributed by atoms with E-state index in [4.69, 9.17) is 5.73 Å². The van der Waals surface area contributed by atoms with Crippen LogP contribution in [-0.2, 0) is 5.54 Å². The summed E-state index contributed by atoms with van der Waals surface area (Å²) in [4.78, 5) is 3.51. The lowest BCUT2D eigenvalue weighted by atomic mass is 9.81. The molecule has 0 amide bonds. The van der Waals surface area contributed by atoms with Crippen molar-refractivity contribution in [3.8, 4) is 0 Å². The van der Waals surface area contributed by atoms with Crippen LogP contribution in [0, 0.1) is 0 Å². The van der Waals surface area contributed by atoms with Gasteiger partial charge in [-0.25, -0.2) is 0 Å². The number of H-pyrrole nitrogens is 1. The van der Waals surface area contributed by atoms with Crippen molar-refractivity contribution in [1.82, 2.24) is 4.98 Å². The van der Waals surface area contributed by atoms with Gasteiger partial charge in [-0.05, 0) is 28.6 Å². The zero-order chi connectivity index (χ0) is 15.7. The second-order valence-corrected chi connectivity index (χ2v) is 5.81. The predicted molar refractivity (Wildman–Crippen MR) is 95.3 cm³/mol. The van der Waals surface area contributed by atoms with Crippen molar-refractivity contribution in [1.29, 1.82) is 0 Å². The van der Waals surface area contributed by atoms with E-state index in [-0.39, 0.29) is 0 Å². The Morgan fingerprint density at radius 3 is 1.74 bits per heavy atom. The maximum absolute atomic E-state index is 6.99. The number of aromatic nitrogens is 1. The van der Waals surface area contributed by atoms with Crippen molar-refractivity contribution >= 4 is 10.9 Å². The number of para-hydroxylation sites is 1. The van der Waals surface area contributed by atoms with Gasteiger partial charge in [-0.2, -0.15) is 0 Å². The molecule has 2 nitrogen and oxygen atoms in total. The topological polar surface area (TPSA) is 41.8 Å². The van der Waals surface area contributed by atoms with Crippen molar-refractivity contribution in [2.75, 3.05) is 0 Å². The summed E-state index contributed by atoms with van der Waals surface area (Å²) < 4.78 is 0. The van der Waals surface area contributed by atoms with E-state index < -0.39 is 5.54 Å². The van der Waals surface area contributed by atoms with E-state index in [1.54, 1.807) is 0 Å². The Balaban J connectivity index is 1.99. The van der Waals surface area contributed by atoms with Gasteiger partial charge in [0.15, 0.2) is 0 Å². The predicted octanol–water partition coefficient (Wildman–Crippen LogP) is 4.42. The van der Waals surface area contributed by atoms with Gasteiger partial charge in [-0.15, -0.1) is 0 Å². The van der Waals surface area contributed by atoms with E-state index in [2.05, 4.69) is 47.4 Å². The van der Waals surface area contributed by atoms with Gasteiger partial charge in [0.1, 0.15) is 5.54 Å². The van der Waals surface area contributed by atoms with Gasteiger partial charge in [0.25, 0.3) is 0 Å². The van der Waals surface area contributed by atoms with Crippen LogP contribution < -0.4 is 5.73 Å². The van der Waals surface area contributed by atoms with Gasteiger partial charge in [0.05, 0.1) is 0 Å². The standard InChI is InChI=1S/C21H18N2/c22-21(17-10-3-1-4-11-17,18-12-5-2-6-13-18)20-15-16-9-7-8-14-19(16)23-20/h1-15,23H,22H2. The highest BCUT2D eigenvalue weighted by atomic mass is 14.9. The van der Waals surface area contributed by atoms with Gasteiger partial charge in [-0.1, -0.05) is 78.9 Å². The first-order valence-electron chi connectivity index (χ1n) is 7.76. The summed E-state index contributed by atoms with van der Waals surface area (Å²) in [7, 11) is 0. The summed E-state index contributed by atoms with van der Waals surface area (Å²) in [5.41, 5.74) is 10.5. The van der Waals surface area contributed by atoms with E-state index in [9.17, 15) is 0 Å². The van der Waals surface area contributed by atoms with Crippen LogP contribution in [0.25, 0.3) is 10.9 Å². The molecule has 0 aliphatic carbocycles. The maximum Gasteiger partial charge on any atom is 0.107 e. The zero-order valence-corrected chi connectivity index (χ0v) is 12.7. The number of rotatable bonds is 3. The first kappa shape index (κ1) is 13.8. The molecule has 4 rings (SSSR count). The Bertz CT molecular complexity index is 851. The Kier molecular flexibility index (Phi) is 3.25. The molecule has 0 aliphatic heterocycles. The second-order valence-electron chi connectivity index (χ2n) is 5.81. The van der Waals surface area contributed by atoms with Crippen molar-refractivity contribution in [2.24, 2.45) is 5.73 Å². The van der Waals surface area contributed by atoms with Gasteiger partial charge < -0.3 is 10.7 Å². The molecule has 112 valence electrons. The Hall–Kier alpha value is -2.84. The quantitative estimate of drug-likeness (QED) is 0.577. The molecule has 0 saturated heterocycles. The van der Waals surface area contributed by atoms with Crippen LogP contribution in [0.3, 0.4) is 0 Å². The lowest BCUT2D eigenvalue weighted by Crippen LogP contribution is -2.39. The van der Waals surface area contributed by atoms with Crippen molar-refractivity contribution in [2.45, 2.75) is 5.54 Å². The average molecular weight is 298 g/mol. The molecule has 0 radical (unpaired) electrons. The Morgan fingerprint density at radius 1 is 0.652 bits per heavy atom. The molecule has 1 heterocycles. The molecule has 0 unspecified atom stereocenters. The number of aromatic amines is 1. The first-order valence-corrected chi connectivity index (χ1v) is 7.76. The van der Waals surface area contributed by atoms with Crippen molar-refractivity contribution in [3.63, 3.8) is 0 Å². The lowest BCUT2D eigenvalue weighted by molar-refractivity contribution is 0.635. The van der Waals surface area contributed by atoms with Crippen LogP contribution >= 0.6 is 0 Å². The van der Waals surface area contributed by atoms with Crippen LogP contribution in [0.15, 0.2) is 91.0 Å². The van der Waals surface area contributed by atoms with Crippen LogP contribution in [0.5, 0.6) is 0 Å². The molecule has 0 aliphatic rings. The molecule has 0 saturated carbocycles. The molecule has 23 heavy (non-hydrogen) atoms. The monoisotopic (exact) mass is 298 g/mol. The van der Waals surface area contributed by atoms with Crippen LogP contribution in [0.2, 0.25) is 0 Å². The molecule has 3 N–H and O–H groups in total. The van der Waals surface area contributed by atoms with Gasteiger partial charge in [0.2, 0.25) is 0 Å². The number of benzene rings is 3. The minimum absolute atomic E-state index is 0.707. The number of hydrogen-bond donors (Lipinski definition) is 2. The Morgan fingerprint density at radius 2 is 1.17 bits per heavy atom. The summed E-state index contributed by atoms with van der Waals surface area (Å²) in [5, 5.41) is 1.17. The highest BCUT2D eigenvalue weighted by molar-refractivity contribution is 5.81. The molecule has 0 fully saturated rings. The summed E-state index contributed by atoms with van der Waals surface area (Å²) in [6.45, 7) is 0.